The van der Waals surface area contributed by atoms with Gasteiger partial charge in [0.15, 0.2) is 0 Å². The van der Waals surface area contributed by atoms with E-state index in [4.69, 9.17) is 11.2 Å². The number of amides is 1. The summed E-state index contributed by atoms with van der Waals surface area (Å²) in [6.45, 7) is 5.00. The van der Waals surface area contributed by atoms with Crippen LogP contribution in [0.2, 0.25) is 0 Å². The summed E-state index contributed by atoms with van der Waals surface area (Å²) in [6.07, 6.45) is 11.5. The molecule has 0 saturated carbocycles. The number of terminal acetylenes is 1. The monoisotopic (exact) mass is 235 g/mol. The van der Waals surface area contributed by atoms with Crippen molar-refractivity contribution < 1.29 is 9.53 Å². The lowest BCUT2D eigenvalue weighted by atomic mass is 10.1. The molecule has 0 spiro atoms. The highest BCUT2D eigenvalue weighted by Crippen LogP contribution is 2.02. The molecular weight excluding hydrogens is 214 g/mol. The SMILES string of the molecule is C#CC(/C=C\C(C)C(=O)NCCCOC)=C/C. The Kier molecular flexibility index (Phi) is 8.81. The number of allylic oxidation sites excluding steroid dienone is 3. The summed E-state index contributed by atoms with van der Waals surface area (Å²) in [5.74, 6) is 2.36. The van der Waals surface area contributed by atoms with Crippen LogP contribution in [0.15, 0.2) is 23.8 Å². The van der Waals surface area contributed by atoms with Crippen LogP contribution in [-0.4, -0.2) is 26.2 Å². The zero-order valence-electron chi connectivity index (χ0n) is 10.8. The van der Waals surface area contributed by atoms with Crippen LogP contribution in [0, 0.1) is 18.3 Å². The van der Waals surface area contributed by atoms with Gasteiger partial charge in [0.25, 0.3) is 0 Å². The fourth-order valence-electron chi connectivity index (χ4n) is 1.15. The average molecular weight is 235 g/mol. The van der Waals surface area contributed by atoms with E-state index in [1.54, 1.807) is 19.3 Å². The second-order valence-electron chi connectivity index (χ2n) is 3.67. The van der Waals surface area contributed by atoms with Crippen molar-refractivity contribution in [2.45, 2.75) is 20.3 Å². The minimum atomic E-state index is -0.180. The van der Waals surface area contributed by atoms with Crippen LogP contribution >= 0.6 is 0 Å². The highest BCUT2D eigenvalue weighted by Gasteiger charge is 2.07. The van der Waals surface area contributed by atoms with E-state index < -0.39 is 0 Å². The third-order valence-corrected chi connectivity index (χ3v) is 2.28. The molecule has 0 aliphatic rings. The summed E-state index contributed by atoms with van der Waals surface area (Å²) in [6, 6.07) is 0. The average Bonchev–Trinajstić information content (AvgIpc) is 2.35. The number of rotatable bonds is 7. The summed E-state index contributed by atoms with van der Waals surface area (Å²) in [5.41, 5.74) is 0.782. The molecule has 0 radical (unpaired) electrons. The lowest BCUT2D eigenvalue weighted by molar-refractivity contribution is -0.123. The van der Waals surface area contributed by atoms with Gasteiger partial charge in [-0.3, -0.25) is 4.79 Å². The van der Waals surface area contributed by atoms with Crippen molar-refractivity contribution in [3.63, 3.8) is 0 Å². The summed E-state index contributed by atoms with van der Waals surface area (Å²) < 4.78 is 4.90. The van der Waals surface area contributed by atoms with Crippen molar-refractivity contribution in [2.75, 3.05) is 20.3 Å². The Morgan fingerprint density at radius 3 is 2.82 bits per heavy atom. The first kappa shape index (κ1) is 15.5. The normalized spacial score (nSPS) is 13.4. The molecule has 0 heterocycles. The molecule has 3 heteroatoms. The van der Waals surface area contributed by atoms with Crippen molar-refractivity contribution in [1.29, 1.82) is 0 Å². The summed E-state index contributed by atoms with van der Waals surface area (Å²) in [7, 11) is 1.64. The molecule has 1 atom stereocenters. The molecule has 1 amide bonds. The van der Waals surface area contributed by atoms with Gasteiger partial charge in [-0.05, 0) is 13.3 Å². The van der Waals surface area contributed by atoms with Gasteiger partial charge in [-0.1, -0.05) is 31.1 Å². The van der Waals surface area contributed by atoms with Crippen LogP contribution in [0.4, 0.5) is 0 Å². The molecule has 0 aromatic heterocycles. The third-order valence-electron chi connectivity index (χ3n) is 2.28. The van der Waals surface area contributed by atoms with E-state index in [1.807, 2.05) is 19.9 Å². The molecule has 0 bridgehead atoms. The van der Waals surface area contributed by atoms with Gasteiger partial charge < -0.3 is 10.1 Å². The predicted molar refractivity (Wildman–Crippen MR) is 70.4 cm³/mol. The van der Waals surface area contributed by atoms with Crippen LogP contribution in [0.3, 0.4) is 0 Å². The molecule has 0 aromatic carbocycles. The molecular formula is C14H21NO2. The molecule has 0 fully saturated rings. The van der Waals surface area contributed by atoms with Crippen LogP contribution in [0.5, 0.6) is 0 Å². The zero-order valence-corrected chi connectivity index (χ0v) is 10.8. The molecule has 0 rings (SSSR count). The van der Waals surface area contributed by atoms with Crippen molar-refractivity contribution >= 4 is 5.91 Å². The first-order valence-electron chi connectivity index (χ1n) is 5.73. The maximum absolute atomic E-state index is 11.6. The fourth-order valence-corrected chi connectivity index (χ4v) is 1.15. The Hall–Kier alpha value is -1.53. The molecule has 0 aliphatic carbocycles. The summed E-state index contributed by atoms with van der Waals surface area (Å²) in [5, 5.41) is 2.84. The number of carbonyl (C=O) groups is 1. The van der Waals surface area contributed by atoms with E-state index in [-0.39, 0.29) is 11.8 Å². The smallest absolute Gasteiger partial charge is 0.226 e. The molecule has 94 valence electrons. The number of methoxy groups -OCH3 is 1. The second-order valence-corrected chi connectivity index (χ2v) is 3.67. The quantitative estimate of drug-likeness (QED) is 0.416. The van der Waals surface area contributed by atoms with E-state index in [1.165, 1.54) is 0 Å². The van der Waals surface area contributed by atoms with Crippen LogP contribution in [0.25, 0.3) is 0 Å². The van der Waals surface area contributed by atoms with E-state index in [9.17, 15) is 4.79 Å². The van der Waals surface area contributed by atoms with Crippen LogP contribution in [-0.2, 0) is 9.53 Å². The van der Waals surface area contributed by atoms with Gasteiger partial charge in [-0.15, -0.1) is 6.42 Å². The Balaban J connectivity index is 4.02. The summed E-state index contributed by atoms with van der Waals surface area (Å²) in [4.78, 5) is 11.6. The first-order chi connectivity index (χ1) is 8.15. The van der Waals surface area contributed by atoms with Gasteiger partial charge in [-0.25, -0.2) is 0 Å². The Morgan fingerprint density at radius 1 is 1.59 bits per heavy atom. The Morgan fingerprint density at radius 2 is 2.29 bits per heavy atom. The number of hydrogen-bond acceptors (Lipinski definition) is 2. The Bertz CT molecular complexity index is 324. The lowest BCUT2D eigenvalue weighted by Gasteiger charge is -2.08. The van der Waals surface area contributed by atoms with Crippen LogP contribution < -0.4 is 5.32 Å². The topological polar surface area (TPSA) is 38.3 Å². The van der Waals surface area contributed by atoms with Gasteiger partial charge in [-0.2, -0.15) is 0 Å². The summed E-state index contributed by atoms with van der Waals surface area (Å²) >= 11 is 0. The minimum absolute atomic E-state index is 0.00447. The van der Waals surface area contributed by atoms with E-state index in [2.05, 4.69) is 11.2 Å². The highest BCUT2D eigenvalue weighted by molar-refractivity contribution is 5.80. The van der Waals surface area contributed by atoms with Gasteiger partial charge in [0, 0.05) is 25.8 Å². The predicted octanol–water partition coefficient (Wildman–Crippen LogP) is 1.91. The van der Waals surface area contributed by atoms with E-state index in [0.717, 1.165) is 12.0 Å². The standard InChI is InChI=1S/C14H21NO2/c1-5-13(6-2)9-8-12(3)14(16)15-10-7-11-17-4/h1,6,8-9,12H,7,10-11H2,2-4H3,(H,15,16)/b9-8-,13-6-. The number of ether oxygens (including phenoxy) is 1. The fraction of sp³-hybridized carbons (Fsp3) is 0.500. The van der Waals surface area contributed by atoms with Gasteiger partial charge >= 0.3 is 0 Å². The van der Waals surface area contributed by atoms with E-state index >= 15 is 0 Å². The lowest BCUT2D eigenvalue weighted by Crippen LogP contribution is -2.29. The molecule has 1 N–H and O–H groups in total. The Labute approximate surface area is 104 Å². The molecule has 0 aliphatic heterocycles. The largest absolute Gasteiger partial charge is 0.385 e. The van der Waals surface area contributed by atoms with Crippen LogP contribution in [0.1, 0.15) is 20.3 Å². The van der Waals surface area contributed by atoms with Crippen molar-refractivity contribution in [3.8, 4) is 12.3 Å². The van der Waals surface area contributed by atoms with E-state index in [0.29, 0.717) is 13.2 Å². The first-order valence-corrected chi connectivity index (χ1v) is 5.73. The van der Waals surface area contributed by atoms with Gasteiger partial charge in [0.05, 0.1) is 5.92 Å². The van der Waals surface area contributed by atoms with Gasteiger partial charge in [0.1, 0.15) is 0 Å². The van der Waals surface area contributed by atoms with Crippen molar-refractivity contribution in [3.05, 3.63) is 23.8 Å². The zero-order chi connectivity index (χ0) is 13.1. The third kappa shape index (κ3) is 7.37. The number of carbonyl (C=O) groups excluding carboxylic acids is 1. The highest BCUT2D eigenvalue weighted by atomic mass is 16.5. The number of hydrogen-bond donors (Lipinski definition) is 1. The van der Waals surface area contributed by atoms with Crippen molar-refractivity contribution in [1.82, 2.24) is 5.32 Å². The maximum atomic E-state index is 11.6. The molecule has 0 aromatic rings. The molecule has 17 heavy (non-hydrogen) atoms. The molecule has 1 unspecified atom stereocenters. The molecule has 0 saturated heterocycles. The second kappa shape index (κ2) is 9.68. The number of nitrogens with one attached hydrogen (secondary N) is 1. The maximum Gasteiger partial charge on any atom is 0.226 e. The van der Waals surface area contributed by atoms with Gasteiger partial charge in [0.2, 0.25) is 5.91 Å². The van der Waals surface area contributed by atoms with Crippen molar-refractivity contribution in [2.24, 2.45) is 5.92 Å². The minimum Gasteiger partial charge on any atom is -0.385 e. The molecule has 3 nitrogen and oxygen atoms in total.